The maximum Gasteiger partial charge on any atom is 0.269 e. The number of hydrogen-bond donors (Lipinski definition) is 1. The monoisotopic (exact) mass is 270 g/mol. The van der Waals surface area contributed by atoms with E-state index in [-0.39, 0.29) is 29.1 Å². The van der Waals surface area contributed by atoms with Gasteiger partial charge in [0.2, 0.25) is 0 Å². The van der Waals surface area contributed by atoms with Crippen LogP contribution in [0.3, 0.4) is 0 Å². The van der Waals surface area contributed by atoms with Crippen LogP contribution < -0.4 is 5.73 Å². The van der Waals surface area contributed by atoms with Crippen LogP contribution in [-0.2, 0) is 0 Å². The molecule has 1 aromatic rings. The Kier molecular flexibility index (Phi) is 5.56. The normalized spacial score (nSPS) is 17.8. The fourth-order valence-electron chi connectivity index (χ4n) is 2.58. The first-order valence-electron chi connectivity index (χ1n) is 6.18. The predicted molar refractivity (Wildman–Crippen MR) is 73.8 cm³/mol. The molecule has 100 valence electrons. The molecule has 0 amide bonds. The summed E-state index contributed by atoms with van der Waals surface area (Å²) in [6, 6.07) is 6.68. The van der Waals surface area contributed by atoms with Gasteiger partial charge in [0.15, 0.2) is 0 Å². The molecule has 18 heavy (non-hydrogen) atoms. The van der Waals surface area contributed by atoms with Crippen molar-refractivity contribution in [2.45, 2.75) is 38.1 Å². The second-order valence-corrected chi connectivity index (χ2v) is 4.77. The summed E-state index contributed by atoms with van der Waals surface area (Å²) in [7, 11) is 0. The van der Waals surface area contributed by atoms with Gasteiger partial charge in [-0.2, -0.15) is 0 Å². The maximum atomic E-state index is 10.6. The highest BCUT2D eigenvalue weighted by Gasteiger charge is 2.22. The van der Waals surface area contributed by atoms with Gasteiger partial charge in [-0.3, -0.25) is 10.1 Å². The third-order valence-electron chi connectivity index (χ3n) is 3.65. The van der Waals surface area contributed by atoms with Crippen molar-refractivity contribution in [2.75, 3.05) is 0 Å². The lowest BCUT2D eigenvalue weighted by molar-refractivity contribution is -0.384. The second kappa shape index (κ2) is 6.71. The lowest BCUT2D eigenvalue weighted by atomic mass is 9.81. The summed E-state index contributed by atoms with van der Waals surface area (Å²) >= 11 is 0. The summed E-state index contributed by atoms with van der Waals surface area (Å²) in [5.41, 5.74) is 7.37. The molecule has 0 heterocycles. The molecule has 1 fully saturated rings. The largest absolute Gasteiger partial charge is 0.324 e. The molecule has 0 unspecified atom stereocenters. The maximum absolute atomic E-state index is 10.6. The number of non-ortho nitro benzene ring substituents is 1. The fraction of sp³-hybridized carbons (Fsp3) is 0.538. The third-order valence-corrected chi connectivity index (χ3v) is 3.65. The van der Waals surface area contributed by atoms with Crippen LogP contribution in [0.2, 0.25) is 0 Å². The van der Waals surface area contributed by atoms with Gasteiger partial charge < -0.3 is 5.73 Å². The van der Waals surface area contributed by atoms with Crippen LogP contribution in [0.15, 0.2) is 24.3 Å². The van der Waals surface area contributed by atoms with Crippen LogP contribution in [-0.4, -0.2) is 4.92 Å². The summed E-state index contributed by atoms with van der Waals surface area (Å²) in [5, 5.41) is 10.6. The van der Waals surface area contributed by atoms with Crippen molar-refractivity contribution < 1.29 is 4.92 Å². The number of nitro benzene ring substituents is 1. The molecule has 0 radical (unpaired) electrons. The Morgan fingerprint density at radius 3 is 2.22 bits per heavy atom. The Bertz CT molecular complexity index is 388. The van der Waals surface area contributed by atoms with Crippen LogP contribution in [0.5, 0.6) is 0 Å². The molecule has 2 N–H and O–H groups in total. The Balaban J connectivity index is 0.00000162. The standard InChI is InChI=1S/C13H18N2O2.ClH/c14-13(10-4-2-1-3-5-10)11-6-8-12(9-7-11)15(16)17;/h6-10,13H,1-5,14H2;1H/t13-;/m0./s1. The van der Waals surface area contributed by atoms with E-state index in [1.54, 1.807) is 12.1 Å². The molecule has 1 aliphatic carbocycles. The smallest absolute Gasteiger partial charge is 0.269 e. The van der Waals surface area contributed by atoms with Gasteiger partial charge in [-0.05, 0) is 24.3 Å². The van der Waals surface area contributed by atoms with Crippen molar-refractivity contribution in [1.29, 1.82) is 0 Å². The van der Waals surface area contributed by atoms with E-state index in [9.17, 15) is 10.1 Å². The minimum absolute atomic E-state index is 0. The van der Waals surface area contributed by atoms with Gasteiger partial charge in [0.25, 0.3) is 5.69 Å². The van der Waals surface area contributed by atoms with Crippen molar-refractivity contribution in [2.24, 2.45) is 11.7 Å². The molecule has 0 bridgehead atoms. The van der Waals surface area contributed by atoms with Crippen LogP contribution in [0.1, 0.15) is 43.7 Å². The number of halogens is 1. The van der Waals surface area contributed by atoms with Gasteiger partial charge in [0.1, 0.15) is 0 Å². The van der Waals surface area contributed by atoms with Crippen molar-refractivity contribution in [3.63, 3.8) is 0 Å². The van der Waals surface area contributed by atoms with Crippen LogP contribution in [0.25, 0.3) is 0 Å². The average Bonchev–Trinajstić information content (AvgIpc) is 2.39. The zero-order chi connectivity index (χ0) is 12.3. The highest BCUT2D eigenvalue weighted by atomic mass is 35.5. The number of rotatable bonds is 3. The van der Waals surface area contributed by atoms with E-state index in [1.165, 1.54) is 44.2 Å². The highest BCUT2D eigenvalue weighted by molar-refractivity contribution is 5.85. The molecule has 4 nitrogen and oxygen atoms in total. The predicted octanol–water partition coefficient (Wildman–Crippen LogP) is 3.60. The van der Waals surface area contributed by atoms with Gasteiger partial charge in [-0.25, -0.2) is 0 Å². The molecule has 1 aromatic carbocycles. The second-order valence-electron chi connectivity index (χ2n) is 4.77. The van der Waals surface area contributed by atoms with E-state index >= 15 is 0 Å². The number of benzene rings is 1. The van der Waals surface area contributed by atoms with Gasteiger partial charge in [0, 0.05) is 18.2 Å². The van der Waals surface area contributed by atoms with Crippen LogP contribution in [0.4, 0.5) is 5.69 Å². The van der Waals surface area contributed by atoms with E-state index in [0.717, 1.165) is 5.56 Å². The first kappa shape index (κ1) is 14.9. The average molecular weight is 271 g/mol. The summed E-state index contributed by atoms with van der Waals surface area (Å²) in [5.74, 6) is 0.533. The van der Waals surface area contributed by atoms with Crippen molar-refractivity contribution in [1.82, 2.24) is 0 Å². The first-order chi connectivity index (χ1) is 8.18. The first-order valence-corrected chi connectivity index (χ1v) is 6.18. The Morgan fingerprint density at radius 1 is 1.17 bits per heavy atom. The van der Waals surface area contributed by atoms with Crippen molar-refractivity contribution in [3.05, 3.63) is 39.9 Å². The SMILES string of the molecule is Cl.N[C@H](c1ccc([N+](=O)[O-])cc1)C1CCCCC1. The number of nitrogens with two attached hydrogens (primary N) is 1. The molecule has 1 atom stereocenters. The summed E-state index contributed by atoms with van der Waals surface area (Å²) in [6.07, 6.45) is 6.18. The van der Waals surface area contributed by atoms with Gasteiger partial charge in [0.05, 0.1) is 4.92 Å². The Morgan fingerprint density at radius 2 is 1.72 bits per heavy atom. The Hall–Kier alpha value is -1.13. The minimum atomic E-state index is -0.379. The Labute approximate surface area is 113 Å². The number of hydrogen-bond acceptors (Lipinski definition) is 3. The minimum Gasteiger partial charge on any atom is -0.324 e. The molecular formula is C13H19ClN2O2. The van der Waals surface area contributed by atoms with Crippen molar-refractivity contribution >= 4 is 18.1 Å². The fourth-order valence-corrected chi connectivity index (χ4v) is 2.58. The lowest BCUT2D eigenvalue weighted by Crippen LogP contribution is -2.23. The van der Waals surface area contributed by atoms with Crippen LogP contribution in [0, 0.1) is 16.0 Å². The highest BCUT2D eigenvalue weighted by Crippen LogP contribution is 2.33. The van der Waals surface area contributed by atoms with Gasteiger partial charge >= 0.3 is 0 Å². The molecule has 0 spiro atoms. The number of nitro groups is 1. The molecule has 0 saturated heterocycles. The molecule has 5 heteroatoms. The molecule has 0 aromatic heterocycles. The van der Waals surface area contributed by atoms with E-state index in [4.69, 9.17) is 5.73 Å². The molecule has 0 aliphatic heterocycles. The zero-order valence-corrected chi connectivity index (χ0v) is 11.1. The number of nitrogens with zero attached hydrogens (tertiary/aromatic N) is 1. The zero-order valence-electron chi connectivity index (χ0n) is 10.2. The molecule has 1 aliphatic rings. The van der Waals surface area contributed by atoms with E-state index in [2.05, 4.69) is 0 Å². The van der Waals surface area contributed by atoms with E-state index in [0.29, 0.717) is 5.92 Å². The topological polar surface area (TPSA) is 69.2 Å². The van der Waals surface area contributed by atoms with E-state index in [1.807, 2.05) is 0 Å². The lowest BCUT2D eigenvalue weighted by Gasteiger charge is -2.27. The van der Waals surface area contributed by atoms with E-state index < -0.39 is 0 Å². The van der Waals surface area contributed by atoms with Gasteiger partial charge in [-0.15, -0.1) is 12.4 Å². The van der Waals surface area contributed by atoms with Gasteiger partial charge in [-0.1, -0.05) is 31.4 Å². The quantitative estimate of drug-likeness (QED) is 0.674. The summed E-state index contributed by atoms with van der Waals surface area (Å²) < 4.78 is 0. The summed E-state index contributed by atoms with van der Waals surface area (Å²) in [4.78, 5) is 10.2. The molecule has 2 rings (SSSR count). The van der Waals surface area contributed by atoms with Crippen LogP contribution >= 0.6 is 12.4 Å². The molecule has 1 saturated carbocycles. The summed E-state index contributed by atoms with van der Waals surface area (Å²) in [6.45, 7) is 0. The third kappa shape index (κ3) is 3.43. The van der Waals surface area contributed by atoms with Crippen molar-refractivity contribution in [3.8, 4) is 0 Å². The molecular weight excluding hydrogens is 252 g/mol.